The molecular weight excluding hydrogens is 388 g/mol. The summed E-state index contributed by atoms with van der Waals surface area (Å²) in [6.45, 7) is 0.401. The highest BCUT2D eigenvalue weighted by molar-refractivity contribution is 7.89. The third kappa shape index (κ3) is 5.73. The SMILES string of the molecule is NS(=O)(=O)c1ccc(CCNC(=O)CCC(=O)c2ccc3ccccc3c2)cc1. The third-order valence-electron chi connectivity index (χ3n) is 4.64. The van der Waals surface area contributed by atoms with Crippen LogP contribution in [-0.4, -0.2) is 26.7 Å². The summed E-state index contributed by atoms with van der Waals surface area (Å²) < 4.78 is 22.5. The topological polar surface area (TPSA) is 106 Å². The maximum absolute atomic E-state index is 12.4. The van der Waals surface area contributed by atoms with Crippen LogP contribution in [0.1, 0.15) is 28.8 Å². The van der Waals surface area contributed by atoms with Gasteiger partial charge in [-0.2, -0.15) is 0 Å². The van der Waals surface area contributed by atoms with E-state index in [4.69, 9.17) is 5.14 Å². The first-order valence-electron chi connectivity index (χ1n) is 9.23. The summed E-state index contributed by atoms with van der Waals surface area (Å²) in [7, 11) is -3.71. The number of carbonyl (C=O) groups is 2. The molecule has 0 saturated carbocycles. The highest BCUT2D eigenvalue weighted by atomic mass is 32.2. The predicted molar refractivity (Wildman–Crippen MR) is 112 cm³/mol. The van der Waals surface area contributed by atoms with Gasteiger partial charge in [-0.15, -0.1) is 0 Å². The van der Waals surface area contributed by atoms with E-state index in [2.05, 4.69) is 5.32 Å². The Hall–Kier alpha value is -3.03. The van der Waals surface area contributed by atoms with Crippen LogP contribution in [0.3, 0.4) is 0 Å². The summed E-state index contributed by atoms with van der Waals surface area (Å²) in [6, 6.07) is 19.6. The Morgan fingerprint density at radius 2 is 1.55 bits per heavy atom. The molecule has 0 atom stereocenters. The molecule has 3 rings (SSSR count). The van der Waals surface area contributed by atoms with Crippen molar-refractivity contribution in [1.29, 1.82) is 0 Å². The number of Topliss-reactive ketones (excluding diaryl/α,β-unsaturated/α-hetero) is 1. The minimum Gasteiger partial charge on any atom is -0.356 e. The molecule has 3 aromatic rings. The molecule has 6 nitrogen and oxygen atoms in total. The summed E-state index contributed by atoms with van der Waals surface area (Å²) in [5.41, 5.74) is 1.48. The molecule has 0 fully saturated rings. The van der Waals surface area contributed by atoms with Crippen molar-refractivity contribution in [3.8, 4) is 0 Å². The predicted octanol–water partition coefficient (Wildman–Crippen LogP) is 2.81. The molecule has 0 aliphatic heterocycles. The fraction of sp³-hybridized carbons (Fsp3) is 0.182. The first kappa shape index (κ1) is 20.7. The van der Waals surface area contributed by atoms with Crippen molar-refractivity contribution in [2.45, 2.75) is 24.2 Å². The van der Waals surface area contributed by atoms with Gasteiger partial charge in [0, 0.05) is 24.9 Å². The lowest BCUT2D eigenvalue weighted by atomic mass is 10.0. The van der Waals surface area contributed by atoms with Gasteiger partial charge in [-0.25, -0.2) is 13.6 Å². The van der Waals surface area contributed by atoms with Gasteiger partial charge in [-0.3, -0.25) is 9.59 Å². The van der Waals surface area contributed by atoms with Crippen molar-refractivity contribution >= 4 is 32.5 Å². The van der Waals surface area contributed by atoms with E-state index >= 15 is 0 Å². The zero-order chi connectivity index (χ0) is 20.9. The first-order valence-corrected chi connectivity index (χ1v) is 10.8. The number of primary sulfonamides is 1. The zero-order valence-electron chi connectivity index (χ0n) is 15.8. The second-order valence-electron chi connectivity index (χ2n) is 6.77. The lowest BCUT2D eigenvalue weighted by Crippen LogP contribution is -2.26. The van der Waals surface area contributed by atoms with Crippen LogP contribution in [0.2, 0.25) is 0 Å². The summed E-state index contributed by atoms with van der Waals surface area (Å²) in [6.07, 6.45) is 0.818. The molecule has 0 aromatic heterocycles. The Labute approximate surface area is 169 Å². The van der Waals surface area contributed by atoms with E-state index in [9.17, 15) is 18.0 Å². The lowest BCUT2D eigenvalue weighted by molar-refractivity contribution is -0.121. The Bertz CT molecular complexity index is 1140. The molecule has 0 heterocycles. The van der Waals surface area contributed by atoms with Crippen LogP contribution in [0, 0.1) is 0 Å². The van der Waals surface area contributed by atoms with Crippen LogP contribution < -0.4 is 10.5 Å². The van der Waals surface area contributed by atoms with Gasteiger partial charge in [0.15, 0.2) is 5.78 Å². The molecule has 0 radical (unpaired) electrons. The second-order valence-corrected chi connectivity index (χ2v) is 8.34. The van der Waals surface area contributed by atoms with Crippen molar-refractivity contribution < 1.29 is 18.0 Å². The summed E-state index contributed by atoms with van der Waals surface area (Å²) in [5, 5.41) is 9.90. The first-order chi connectivity index (χ1) is 13.8. The van der Waals surface area contributed by atoms with Gasteiger partial charge < -0.3 is 5.32 Å². The maximum Gasteiger partial charge on any atom is 0.238 e. The summed E-state index contributed by atoms with van der Waals surface area (Å²) in [5.74, 6) is -0.259. The Balaban J connectivity index is 1.45. The molecule has 0 bridgehead atoms. The Kier molecular flexibility index (Phi) is 6.41. The number of hydrogen-bond acceptors (Lipinski definition) is 4. The highest BCUT2D eigenvalue weighted by Gasteiger charge is 2.10. The molecule has 29 heavy (non-hydrogen) atoms. The van der Waals surface area contributed by atoms with Crippen LogP contribution in [0.5, 0.6) is 0 Å². The van der Waals surface area contributed by atoms with Crippen molar-refractivity contribution in [1.82, 2.24) is 5.32 Å². The third-order valence-corrected chi connectivity index (χ3v) is 5.57. The number of sulfonamides is 1. The smallest absolute Gasteiger partial charge is 0.238 e. The van der Waals surface area contributed by atoms with Gasteiger partial charge in [-0.1, -0.05) is 48.5 Å². The highest BCUT2D eigenvalue weighted by Crippen LogP contribution is 2.17. The average molecular weight is 410 g/mol. The van der Waals surface area contributed by atoms with Gasteiger partial charge >= 0.3 is 0 Å². The van der Waals surface area contributed by atoms with Gasteiger partial charge in [0.25, 0.3) is 0 Å². The minimum absolute atomic E-state index is 0.0532. The normalized spacial score (nSPS) is 11.3. The fourth-order valence-electron chi connectivity index (χ4n) is 3.01. The molecule has 0 aliphatic rings. The quantitative estimate of drug-likeness (QED) is 0.557. The molecule has 0 aliphatic carbocycles. The van der Waals surface area contributed by atoms with Crippen molar-refractivity contribution in [3.05, 3.63) is 77.9 Å². The van der Waals surface area contributed by atoms with Crippen molar-refractivity contribution in [2.24, 2.45) is 5.14 Å². The van der Waals surface area contributed by atoms with Gasteiger partial charge in [0.1, 0.15) is 0 Å². The van der Waals surface area contributed by atoms with E-state index < -0.39 is 10.0 Å². The molecule has 150 valence electrons. The second kappa shape index (κ2) is 8.98. The van der Waals surface area contributed by atoms with E-state index in [1.54, 1.807) is 18.2 Å². The molecule has 0 unspecified atom stereocenters. The number of fused-ring (bicyclic) bond motifs is 1. The van der Waals surface area contributed by atoms with Crippen LogP contribution >= 0.6 is 0 Å². The molecule has 1 amide bonds. The van der Waals surface area contributed by atoms with Crippen LogP contribution in [0.25, 0.3) is 10.8 Å². The van der Waals surface area contributed by atoms with Gasteiger partial charge in [0.05, 0.1) is 4.90 Å². The zero-order valence-corrected chi connectivity index (χ0v) is 16.6. The number of ketones is 1. The van der Waals surface area contributed by atoms with Crippen LogP contribution in [-0.2, 0) is 21.2 Å². The molecule has 3 N–H and O–H groups in total. The van der Waals surface area contributed by atoms with E-state index in [0.29, 0.717) is 18.5 Å². The number of hydrogen-bond donors (Lipinski definition) is 2. The Morgan fingerprint density at radius 1 is 0.862 bits per heavy atom. The minimum atomic E-state index is -3.71. The van der Waals surface area contributed by atoms with Crippen molar-refractivity contribution in [3.63, 3.8) is 0 Å². The van der Waals surface area contributed by atoms with E-state index in [-0.39, 0.29) is 29.4 Å². The van der Waals surface area contributed by atoms with E-state index in [1.165, 1.54) is 12.1 Å². The number of nitrogens with two attached hydrogens (primary N) is 1. The number of carbonyl (C=O) groups excluding carboxylic acids is 2. The molecule has 0 spiro atoms. The summed E-state index contributed by atoms with van der Waals surface area (Å²) in [4.78, 5) is 24.4. The standard InChI is InChI=1S/C22H22N2O4S/c23-29(27,28)20-9-5-16(6-10-20)13-14-24-22(26)12-11-21(25)19-8-7-17-3-1-2-4-18(17)15-19/h1-10,15H,11-14H2,(H,24,26)(H2,23,27,28). The van der Waals surface area contributed by atoms with Gasteiger partial charge in [0.2, 0.25) is 15.9 Å². The molecular formula is C22H22N2O4S. The number of amides is 1. The lowest BCUT2D eigenvalue weighted by Gasteiger charge is -2.07. The monoisotopic (exact) mass is 410 g/mol. The maximum atomic E-state index is 12.4. The summed E-state index contributed by atoms with van der Waals surface area (Å²) >= 11 is 0. The van der Waals surface area contributed by atoms with Crippen LogP contribution in [0.15, 0.2) is 71.6 Å². The number of rotatable bonds is 8. The largest absolute Gasteiger partial charge is 0.356 e. The Morgan fingerprint density at radius 3 is 2.24 bits per heavy atom. The molecule has 7 heteroatoms. The van der Waals surface area contributed by atoms with E-state index in [0.717, 1.165) is 16.3 Å². The van der Waals surface area contributed by atoms with E-state index in [1.807, 2.05) is 36.4 Å². The van der Waals surface area contributed by atoms with Gasteiger partial charge in [-0.05, 0) is 41.0 Å². The molecule has 0 saturated heterocycles. The molecule has 3 aromatic carbocycles. The fourth-order valence-corrected chi connectivity index (χ4v) is 3.53. The average Bonchev–Trinajstić information content (AvgIpc) is 2.71. The van der Waals surface area contributed by atoms with Crippen molar-refractivity contribution in [2.75, 3.05) is 6.54 Å². The number of nitrogens with one attached hydrogen (secondary N) is 1. The number of benzene rings is 3. The van der Waals surface area contributed by atoms with Crippen LogP contribution in [0.4, 0.5) is 0 Å².